The van der Waals surface area contributed by atoms with Crippen LogP contribution in [0, 0.1) is 0 Å². The molecule has 0 aromatic heterocycles. The van der Waals surface area contributed by atoms with E-state index in [1.165, 1.54) is 0 Å². The maximum Gasteiger partial charge on any atom is 0.138 e. The SMILES string of the molecule is CN1CCC(F)(c2cccc(CCN)c2)CC1. The second kappa shape index (κ2) is 5.15. The predicted octanol–water partition coefficient (Wildman–Crippen LogP) is 2.08. The second-order valence-corrected chi connectivity index (χ2v) is 5.01. The topological polar surface area (TPSA) is 29.3 Å². The van der Waals surface area contributed by atoms with Gasteiger partial charge in [0, 0.05) is 13.1 Å². The molecule has 0 spiro atoms. The molecule has 0 amide bonds. The fourth-order valence-corrected chi connectivity index (χ4v) is 2.43. The van der Waals surface area contributed by atoms with Crippen molar-refractivity contribution >= 4 is 0 Å². The number of benzene rings is 1. The summed E-state index contributed by atoms with van der Waals surface area (Å²) >= 11 is 0. The van der Waals surface area contributed by atoms with Crippen LogP contribution in [-0.4, -0.2) is 31.6 Å². The van der Waals surface area contributed by atoms with E-state index in [9.17, 15) is 4.39 Å². The molecule has 0 bridgehead atoms. The lowest BCUT2D eigenvalue weighted by Crippen LogP contribution is -2.38. The average Bonchev–Trinajstić information content (AvgIpc) is 2.34. The van der Waals surface area contributed by atoms with Crippen molar-refractivity contribution in [2.75, 3.05) is 26.7 Å². The Morgan fingerprint density at radius 1 is 1.35 bits per heavy atom. The number of halogens is 1. The summed E-state index contributed by atoms with van der Waals surface area (Å²) in [7, 11) is 2.05. The van der Waals surface area contributed by atoms with E-state index in [0.29, 0.717) is 19.4 Å². The molecule has 1 saturated heterocycles. The maximum absolute atomic E-state index is 14.8. The molecule has 0 atom stereocenters. The molecule has 94 valence electrons. The Balaban J connectivity index is 2.17. The summed E-state index contributed by atoms with van der Waals surface area (Å²) in [4.78, 5) is 2.18. The molecule has 1 aliphatic heterocycles. The van der Waals surface area contributed by atoms with Gasteiger partial charge in [-0.1, -0.05) is 24.3 Å². The van der Waals surface area contributed by atoms with Crippen molar-refractivity contribution in [1.29, 1.82) is 0 Å². The summed E-state index contributed by atoms with van der Waals surface area (Å²) in [5.41, 5.74) is 6.37. The van der Waals surface area contributed by atoms with Gasteiger partial charge in [0.2, 0.25) is 0 Å². The molecule has 1 fully saturated rings. The van der Waals surface area contributed by atoms with Gasteiger partial charge < -0.3 is 10.6 Å². The first kappa shape index (κ1) is 12.5. The van der Waals surface area contributed by atoms with Crippen molar-refractivity contribution in [2.45, 2.75) is 24.9 Å². The van der Waals surface area contributed by atoms with Gasteiger partial charge in [0.1, 0.15) is 5.67 Å². The predicted molar refractivity (Wildman–Crippen MR) is 68.7 cm³/mol. The molecule has 0 aliphatic carbocycles. The first-order valence-corrected chi connectivity index (χ1v) is 6.31. The summed E-state index contributed by atoms with van der Waals surface area (Å²) in [6, 6.07) is 7.86. The van der Waals surface area contributed by atoms with E-state index in [4.69, 9.17) is 5.73 Å². The summed E-state index contributed by atoms with van der Waals surface area (Å²) < 4.78 is 14.8. The number of rotatable bonds is 3. The van der Waals surface area contributed by atoms with Crippen LogP contribution >= 0.6 is 0 Å². The lowest BCUT2D eigenvalue weighted by molar-refractivity contribution is 0.0673. The molecule has 0 saturated carbocycles. The Kier molecular flexibility index (Phi) is 3.79. The number of alkyl halides is 1. The van der Waals surface area contributed by atoms with Crippen LogP contribution in [0.25, 0.3) is 0 Å². The highest BCUT2D eigenvalue weighted by Crippen LogP contribution is 2.36. The van der Waals surface area contributed by atoms with Crippen LogP contribution in [0.5, 0.6) is 0 Å². The molecular formula is C14H21FN2. The molecule has 1 aliphatic rings. The van der Waals surface area contributed by atoms with Crippen molar-refractivity contribution in [3.63, 3.8) is 0 Å². The number of hydrogen-bond donors (Lipinski definition) is 1. The lowest BCUT2D eigenvalue weighted by atomic mass is 9.85. The molecular weight excluding hydrogens is 215 g/mol. The minimum atomic E-state index is -1.14. The minimum absolute atomic E-state index is 0.593. The van der Waals surface area contributed by atoms with E-state index < -0.39 is 5.67 Å². The molecule has 1 aromatic rings. The fraction of sp³-hybridized carbons (Fsp3) is 0.571. The van der Waals surface area contributed by atoms with Crippen LogP contribution in [0.15, 0.2) is 24.3 Å². The Labute approximate surface area is 103 Å². The molecule has 1 aromatic carbocycles. The first-order chi connectivity index (χ1) is 8.14. The minimum Gasteiger partial charge on any atom is -0.330 e. The van der Waals surface area contributed by atoms with Crippen molar-refractivity contribution < 1.29 is 4.39 Å². The Hall–Kier alpha value is -0.930. The zero-order valence-corrected chi connectivity index (χ0v) is 10.5. The van der Waals surface area contributed by atoms with Gasteiger partial charge in [0.15, 0.2) is 0 Å². The van der Waals surface area contributed by atoms with E-state index in [1.54, 1.807) is 0 Å². The van der Waals surface area contributed by atoms with E-state index in [-0.39, 0.29) is 0 Å². The number of piperidine rings is 1. The van der Waals surface area contributed by atoms with E-state index in [2.05, 4.69) is 4.90 Å². The van der Waals surface area contributed by atoms with E-state index in [1.807, 2.05) is 31.3 Å². The van der Waals surface area contributed by atoms with Gasteiger partial charge in [-0.05, 0) is 44.0 Å². The molecule has 3 heteroatoms. The molecule has 1 heterocycles. The molecule has 17 heavy (non-hydrogen) atoms. The third kappa shape index (κ3) is 2.85. The average molecular weight is 236 g/mol. The van der Waals surface area contributed by atoms with Crippen molar-refractivity contribution in [2.24, 2.45) is 5.73 Å². The van der Waals surface area contributed by atoms with E-state index in [0.717, 1.165) is 30.6 Å². The Morgan fingerprint density at radius 2 is 2.06 bits per heavy atom. The van der Waals surface area contributed by atoms with Crippen molar-refractivity contribution in [1.82, 2.24) is 4.90 Å². The molecule has 2 nitrogen and oxygen atoms in total. The van der Waals surface area contributed by atoms with Gasteiger partial charge in [-0.25, -0.2) is 4.39 Å². The summed E-state index contributed by atoms with van der Waals surface area (Å²) in [6.45, 7) is 2.28. The third-order valence-corrected chi connectivity index (χ3v) is 3.66. The van der Waals surface area contributed by atoms with Crippen LogP contribution in [-0.2, 0) is 12.1 Å². The summed E-state index contributed by atoms with van der Waals surface area (Å²) in [5.74, 6) is 0. The monoisotopic (exact) mass is 236 g/mol. The molecule has 2 rings (SSSR count). The van der Waals surface area contributed by atoms with Gasteiger partial charge in [0.05, 0.1) is 0 Å². The zero-order valence-electron chi connectivity index (χ0n) is 10.5. The first-order valence-electron chi connectivity index (χ1n) is 6.31. The molecule has 2 N–H and O–H groups in total. The standard InChI is InChI=1S/C14H21FN2/c1-17-9-6-14(15,7-10-17)13-4-2-3-12(11-13)5-8-16/h2-4,11H,5-10,16H2,1H3. The normalized spacial score (nSPS) is 20.4. The maximum atomic E-state index is 14.8. The van der Waals surface area contributed by atoms with Crippen molar-refractivity contribution in [3.05, 3.63) is 35.4 Å². The zero-order chi connectivity index (χ0) is 12.3. The van der Waals surface area contributed by atoms with Gasteiger partial charge in [0.25, 0.3) is 0 Å². The van der Waals surface area contributed by atoms with Gasteiger partial charge in [-0.2, -0.15) is 0 Å². The van der Waals surface area contributed by atoms with Gasteiger partial charge in [-0.15, -0.1) is 0 Å². The smallest absolute Gasteiger partial charge is 0.138 e. The molecule has 0 unspecified atom stereocenters. The third-order valence-electron chi connectivity index (χ3n) is 3.66. The summed E-state index contributed by atoms with van der Waals surface area (Å²) in [5, 5.41) is 0. The van der Waals surface area contributed by atoms with Crippen LogP contribution in [0.4, 0.5) is 4.39 Å². The molecule has 0 radical (unpaired) electrons. The van der Waals surface area contributed by atoms with Gasteiger partial charge in [-0.3, -0.25) is 0 Å². The highest BCUT2D eigenvalue weighted by Gasteiger charge is 2.35. The van der Waals surface area contributed by atoms with Crippen LogP contribution in [0.2, 0.25) is 0 Å². The van der Waals surface area contributed by atoms with Gasteiger partial charge >= 0.3 is 0 Å². The quantitative estimate of drug-likeness (QED) is 0.870. The number of nitrogens with two attached hydrogens (primary N) is 1. The largest absolute Gasteiger partial charge is 0.330 e. The second-order valence-electron chi connectivity index (χ2n) is 5.01. The van der Waals surface area contributed by atoms with E-state index >= 15 is 0 Å². The highest BCUT2D eigenvalue weighted by atomic mass is 19.1. The Morgan fingerprint density at radius 3 is 2.71 bits per heavy atom. The number of nitrogens with zero attached hydrogens (tertiary/aromatic N) is 1. The highest BCUT2D eigenvalue weighted by molar-refractivity contribution is 5.29. The lowest BCUT2D eigenvalue weighted by Gasteiger charge is -2.35. The Bertz CT molecular complexity index is 370. The van der Waals surface area contributed by atoms with Crippen LogP contribution < -0.4 is 5.73 Å². The fourth-order valence-electron chi connectivity index (χ4n) is 2.43. The van der Waals surface area contributed by atoms with Crippen LogP contribution in [0.1, 0.15) is 24.0 Å². The number of hydrogen-bond acceptors (Lipinski definition) is 2. The summed E-state index contributed by atoms with van der Waals surface area (Å²) in [6.07, 6.45) is 2.01. The number of likely N-dealkylation sites (tertiary alicyclic amines) is 1. The van der Waals surface area contributed by atoms with Crippen molar-refractivity contribution in [3.8, 4) is 0 Å². The van der Waals surface area contributed by atoms with Crippen LogP contribution in [0.3, 0.4) is 0 Å².